The van der Waals surface area contributed by atoms with Crippen LogP contribution in [0.4, 0.5) is 4.79 Å². The van der Waals surface area contributed by atoms with Gasteiger partial charge in [0.25, 0.3) is 0 Å². The van der Waals surface area contributed by atoms with Crippen LogP contribution in [0.3, 0.4) is 0 Å². The number of carbonyl (C=O) groups is 2. The number of hydrogen-bond acceptors (Lipinski definition) is 4. The second-order valence-corrected chi connectivity index (χ2v) is 11.6. The first kappa shape index (κ1) is 30.6. The predicted octanol–water partition coefficient (Wildman–Crippen LogP) is 5.12. The number of carbonyl (C=O) groups excluding carboxylic acids is 2. The molecule has 3 amide bonds. The fourth-order valence-corrected chi connectivity index (χ4v) is 5.64. The van der Waals surface area contributed by atoms with E-state index in [9.17, 15) is 14.7 Å². The zero-order valence-corrected chi connectivity index (χ0v) is 24.9. The first-order valence-corrected chi connectivity index (χ1v) is 14.6. The van der Waals surface area contributed by atoms with E-state index in [1.165, 1.54) is 0 Å². The van der Waals surface area contributed by atoms with Crippen molar-refractivity contribution in [2.45, 2.75) is 49.8 Å². The Morgan fingerprint density at radius 2 is 1.49 bits per heavy atom. The summed E-state index contributed by atoms with van der Waals surface area (Å²) in [6.45, 7) is 3.21. The van der Waals surface area contributed by atoms with Crippen LogP contribution >= 0.6 is 11.6 Å². The molecule has 8 heteroatoms. The molecule has 0 aliphatic carbocycles. The molecule has 1 saturated heterocycles. The van der Waals surface area contributed by atoms with E-state index in [-0.39, 0.29) is 18.1 Å². The summed E-state index contributed by atoms with van der Waals surface area (Å²) < 4.78 is 0. The second kappa shape index (κ2) is 13.5. The molecule has 3 aromatic rings. The third-order valence-electron chi connectivity index (χ3n) is 8.41. The Hall–Kier alpha value is -3.39. The quantitative estimate of drug-likeness (QED) is 0.292. The summed E-state index contributed by atoms with van der Waals surface area (Å²) in [6, 6.07) is 27.2. The highest BCUT2D eigenvalue weighted by atomic mass is 35.5. The summed E-state index contributed by atoms with van der Waals surface area (Å²) in [5.74, 6) is 0.0464. The topological polar surface area (TPSA) is 84.9 Å². The monoisotopic (exact) mass is 576 g/mol. The van der Waals surface area contributed by atoms with Crippen LogP contribution in [0, 0.1) is 0 Å². The number of benzene rings is 3. The predicted molar refractivity (Wildman–Crippen MR) is 164 cm³/mol. The lowest BCUT2D eigenvalue weighted by Gasteiger charge is -2.40. The summed E-state index contributed by atoms with van der Waals surface area (Å²) in [7, 11) is 3.82. The van der Waals surface area contributed by atoms with Gasteiger partial charge in [0.2, 0.25) is 5.91 Å². The van der Waals surface area contributed by atoms with Gasteiger partial charge in [-0.3, -0.25) is 9.69 Å². The van der Waals surface area contributed by atoms with Crippen molar-refractivity contribution in [3.63, 3.8) is 0 Å². The highest BCUT2D eigenvalue weighted by Crippen LogP contribution is 2.38. The van der Waals surface area contributed by atoms with Crippen LogP contribution in [0.5, 0.6) is 0 Å². The Morgan fingerprint density at radius 3 is 2.00 bits per heavy atom. The van der Waals surface area contributed by atoms with Gasteiger partial charge >= 0.3 is 6.03 Å². The maximum atomic E-state index is 13.6. The summed E-state index contributed by atoms with van der Waals surface area (Å²) in [5, 5.41) is 18.0. The molecule has 0 bridgehead atoms. The lowest BCUT2D eigenvalue weighted by Crippen LogP contribution is -2.51. The molecule has 7 nitrogen and oxygen atoms in total. The van der Waals surface area contributed by atoms with Crippen molar-refractivity contribution < 1.29 is 14.7 Å². The van der Waals surface area contributed by atoms with Gasteiger partial charge in [-0.25, -0.2) is 4.79 Å². The Morgan fingerprint density at radius 1 is 0.951 bits per heavy atom. The summed E-state index contributed by atoms with van der Waals surface area (Å²) in [4.78, 5) is 30.2. The number of amides is 3. The molecule has 3 N–H and O–H groups in total. The Labute approximate surface area is 248 Å². The van der Waals surface area contributed by atoms with E-state index in [1.54, 1.807) is 12.1 Å². The van der Waals surface area contributed by atoms with Gasteiger partial charge in [-0.1, -0.05) is 84.4 Å². The SMILES string of the molecule is CC(NC(=O)NCC(CCC(=O)N1CCC(O)(c2ccc(Cl)cc2)CC1)(c1ccccc1)c1ccccc1)N(C)C. The van der Waals surface area contributed by atoms with Crippen molar-refractivity contribution in [3.8, 4) is 0 Å². The Balaban J connectivity index is 1.51. The first-order valence-electron chi connectivity index (χ1n) is 14.2. The number of urea groups is 1. The van der Waals surface area contributed by atoms with Crippen molar-refractivity contribution in [3.05, 3.63) is 107 Å². The molecule has 1 aliphatic heterocycles. The lowest BCUT2D eigenvalue weighted by molar-refractivity contribution is -0.136. The van der Waals surface area contributed by atoms with Gasteiger partial charge in [-0.05, 0) is 69.1 Å². The van der Waals surface area contributed by atoms with E-state index < -0.39 is 11.0 Å². The number of nitrogens with zero attached hydrogens (tertiary/aromatic N) is 2. The fraction of sp³-hybridized carbons (Fsp3) is 0.394. The summed E-state index contributed by atoms with van der Waals surface area (Å²) in [6.07, 6.45) is 1.62. The molecule has 1 unspecified atom stereocenters. The molecule has 1 aliphatic rings. The number of likely N-dealkylation sites (tertiary alicyclic amines) is 1. The van der Waals surface area contributed by atoms with Crippen molar-refractivity contribution >= 4 is 23.5 Å². The van der Waals surface area contributed by atoms with Crippen molar-refractivity contribution in [1.82, 2.24) is 20.4 Å². The van der Waals surface area contributed by atoms with Crippen LogP contribution in [-0.4, -0.2) is 66.7 Å². The van der Waals surface area contributed by atoms with E-state index >= 15 is 0 Å². The van der Waals surface area contributed by atoms with Crippen LogP contribution in [0.15, 0.2) is 84.9 Å². The van der Waals surface area contributed by atoms with Crippen LogP contribution in [0.2, 0.25) is 5.02 Å². The number of halogens is 1. The van der Waals surface area contributed by atoms with Gasteiger partial charge in [0, 0.05) is 36.5 Å². The largest absolute Gasteiger partial charge is 0.385 e. The minimum absolute atomic E-state index is 0.0464. The molecule has 1 heterocycles. The maximum Gasteiger partial charge on any atom is 0.316 e. The van der Waals surface area contributed by atoms with Crippen molar-refractivity contribution in [2.24, 2.45) is 0 Å². The molecule has 0 spiro atoms. The Bertz CT molecular complexity index is 1240. The van der Waals surface area contributed by atoms with Crippen molar-refractivity contribution in [2.75, 3.05) is 33.7 Å². The van der Waals surface area contributed by atoms with Crippen LogP contribution in [0.25, 0.3) is 0 Å². The highest BCUT2D eigenvalue weighted by Gasteiger charge is 2.38. The van der Waals surface area contributed by atoms with Gasteiger partial charge in [-0.15, -0.1) is 0 Å². The Kier molecular flexibility index (Phi) is 10.1. The minimum atomic E-state index is -0.972. The molecule has 4 rings (SSSR count). The molecule has 3 aromatic carbocycles. The van der Waals surface area contributed by atoms with Crippen molar-refractivity contribution in [1.29, 1.82) is 0 Å². The number of rotatable bonds is 10. The van der Waals surface area contributed by atoms with Gasteiger partial charge in [0.15, 0.2) is 0 Å². The summed E-state index contributed by atoms with van der Waals surface area (Å²) in [5.41, 5.74) is 1.32. The standard InChI is InChI=1S/C33H41ClN4O3/c1-25(37(2)3)36-31(40)35-24-32(26-10-6-4-7-11-26,27-12-8-5-9-13-27)19-18-30(39)38-22-20-33(41,21-23-38)28-14-16-29(34)17-15-28/h4-17,25,41H,18-24H2,1-3H3,(H2,35,36,40). The zero-order valence-electron chi connectivity index (χ0n) is 24.1. The van der Waals surface area contributed by atoms with Gasteiger partial charge in [0.1, 0.15) is 0 Å². The van der Waals surface area contributed by atoms with Crippen LogP contribution in [0.1, 0.15) is 49.3 Å². The van der Waals surface area contributed by atoms with E-state index in [0.717, 1.165) is 16.7 Å². The normalized spacial score (nSPS) is 15.8. The van der Waals surface area contributed by atoms with Gasteiger partial charge < -0.3 is 20.6 Å². The minimum Gasteiger partial charge on any atom is -0.385 e. The average molecular weight is 577 g/mol. The first-order chi connectivity index (χ1) is 19.6. The van der Waals surface area contributed by atoms with E-state index in [2.05, 4.69) is 34.9 Å². The second-order valence-electron chi connectivity index (χ2n) is 11.2. The summed E-state index contributed by atoms with van der Waals surface area (Å²) >= 11 is 6.03. The molecule has 218 valence electrons. The molecule has 1 atom stereocenters. The lowest BCUT2D eigenvalue weighted by atomic mass is 9.71. The van der Waals surface area contributed by atoms with Crippen LogP contribution in [-0.2, 0) is 15.8 Å². The highest BCUT2D eigenvalue weighted by molar-refractivity contribution is 6.30. The van der Waals surface area contributed by atoms with Gasteiger partial charge in [-0.2, -0.15) is 0 Å². The van der Waals surface area contributed by atoms with E-state index in [1.807, 2.05) is 79.3 Å². The molecular weight excluding hydrogens is 536 g/mol. The number of nitrogens with one attached hydrogen (secondary N) is 2. The van der Waals surface area contributed by atoms with Crippen LogP contribution < -0.4 is 10.6 Å². The molecule has 0 aromatic heterocycles. The number of aliphatic hydroxyl groups is 1. The molecule has 0 radical (unpaired) electrons. The van der Waals surface area contributed by atoms with E-state index in [0.29, 0.717) is 50.3 Å². The third-order valence-corrected chi connectivity index (χ3v) is 8.66. The molecular formula is C33H41ClN4O3. The van der Waals surface area contributed by atoms with E-state index in [4.69, 9.17) is 11.6 Å². The molecule has 1 fully saturated rings. The fourth-order valence-electron chi connectivity index (χ4n) is 5.52. The maximum absolute atomic E-state index is 13.6. The number of piperidine rings is 1. The molecule has 0 saturated carbocycles. The number of hydrogen-bond donors (Lipinski definition) is 3. The smallest absolute Gasteiger partial charge is 0.316 e. The zero-order chi connectivity index (χ0) is 29.5. The van der Waals surface area contributed by atoms with Gasteiger partial charge in [0.05, 0.1) is 11.8 Å². The molecule has 41 heavy (non-hydrogen) atoms. The average Bonchev–Trinajstić information content (AvgIpc) is 2.99. The third kappa shape index (κ3) is 7.47.